The fraction of sp³-hybridized carbons (Fsp3) is 0.571. The molecule has 2 fully saturated rings. The molecule has 1 aromatic heterocycles. The molecule has 2 aromatic rings. The molecule has 3 aliphatic rings. The summed E-state index contributed by atoms with van der Waals surface area (Å²) in [6, 6.07) is 8.00. The fourth-order valence-corrected chi connectivity index (χ4v) is 5.70. The molecule has 0 radical (unpaired) electrons. The van der Waals surface area contributed by atoms with Crippen LogP contribution in [0.5, 0.6) is 5.75 Å². The number of piperazine rings is 1. The summed E-state index contributed by atoms with van der Waals surface area (Å²) in [7, 11) is 0. The molecule has 0 spiro atoms. The van der Waals surface area contributed by atoms with Crippen molar-refractivity contribution in [3.63, 3.8) is 0 Å². The van der Waals surface area contributed by atoms with Gasteiger partial charge in [0, 0.05) is 63.4 Å². The highest BCUT2D eigenvalue weighted by Gasteiger charge is 2.32. The van der Waals surface area contributed by atoms with Crippen LogP contribution in [-0.4, -0.2) is 99.3 Å². The number of ether oxygens (including phenoxy) is 1. The maximum atomic E-state index is 13.4. The normalized spacial score (nSPS) is 18.3. The smallest absolute Gasteiger partial charge is 0.274 e. The monoisotopic (exact) mass is 523 g/mol. The van der Waals surface area contributed by atoms with E-state index in [2.05, 4.69) is 5.10 Å². The van der Waals surface area contributed by atoms with Crippen LogP contribution in [0.4, 0.5) is 0 Å². The Bertz CT molecular complexity index is 1180. The number of aryl methyl sites for hydroxylation is 1. The number of carbonyl (C=O) groups is 3. The number of piperidine rings is 1. The third kappa shape index (κ3) is 5.55. The number of hydrogen-bond acceptors (Lipinski definition) is 6. The van der Waals surface area contributed by atoms with Crippen LogP contribution < -0.4 is 4.74 Å². The summed E-state index contributed by atoms with van der Waals surface area (Å²) in [5.74, 6) is 0.465. The van der Waals surface area contributed by atoms with E-state index < -0.39 is 6.61 Å². The third-order valence-corrected chi connectivity index (χ3v) is 7.98. The van der Waals surface area contributed by atoms with Crippen LogP contribution in [0.2, 0.25) is 0 Å². The van der Waals surface area contributed by atoms with Gasteiger partial charge in [0.05, 0.1) is 0 Å². The molecule has 10 nitrogen and oxygen atoms in total. The Hall–Kier alpha value is -3.40. The Kier molecular flexibility index (Phi) is 7.97. The zero-order valence-corrected chi connectivity index (χ0v) is 22.1. The van der Waals surface area contributed by atoms with Crippen molar-refractivity contribution in [1.82, 2.24) is 24.5 Å². The van der Waals surface area contributed by atoms with Crippen molar-refractivity contribution in [2.75, 3.05) is 45.9 Å². The van der Waals surface area contributed by atoms with Crippen LogP contribution >= 0.6 is 0 Å². The lowest BCUT2D eigenvalue weighted by atomic mass is 9.95. The Labute approximate surface area is 223 Å². The number of aliphatic hydroxyl groups excluding tert-OH is 1. The highest BCUT2D eigenvalue weighted by molar-refractivity contribution is 5.94. The van der Waals surface area contributed by atoms with Crippen LogP contribution in [0, 0.1) is 6.92 Å². The summed E-state index contributed by atoms with van der Waals surface area (Å²) in [6.45, 7) is 4.55. The van der Waals surface area contributed by atoms with Crippen molar-refractivity contribution < 1.29 is 24.2 Å². The summed E-state index contributed by atoms with van der Waals surface area (Å²) in [6.07, 6.45) is 5.28. The lowest BCUT2D eigenvalue weighted by Crippen LogP contribution is -2.51. The molecule has 0 unspecified atom stereocenters. The molecule has 2 aliphatic heterocycles. The first-order valence-corrected chi connectivity index (χ1v) is 13.7. The molecule has 1 aromatic carbocycles. The van der Waals surface area contributed by atoms with E-state index in [0.29, 0.717) is 45.0 Å². The van der Waals surface area contributed by atoms with E-state index in [1.54, 1.807) is 14.5 Å². The average Bonchev–Trinajstić information content (AvgIpc) is 3.32. The number of carbonyl (C=O) groups excluding carboxylic acids is 3. The summed E-state index contributed by atoms with van der Waals surface area (Å²) in [4.78, 5) is 43.6. The average molecular weight is 524 g/mol. The minimum Gasteiger partial charge on any atom is -0.490 e. The van der Waals surface area contributed by atoms with Crippen molar-refractivity contribution >= 4 is 17.7 Å². The molecule has 0 atom stereocenters. The van der Waals surface area contributed by atoms with E-state index in [0.717, 1.165) is 61.1 Å². The van der Waals surface area contributed by atoms with Crippen LogP contribution in [0.15, 0.2) is 24.3 Å². The van der Waals surface area contributed by atoms with Crippen molar-refractivity contribution in [2.24, 2.45) is 0 Å². The number of amides is 3. The Morgan fingerprint density at radius 2 is 1.58 bits per heavy atom. The van der Waals surface area contributed by atoms with Crippen LogP contribution in [0.25, 0.3) is 0 Å². The van der Waals surface area contributed by atoms with E-state index in [1.165, 1.54) is 0 Å². The third-order valence-electron chi connectivity index (χ3n) is 7.98. The van der Waals surface area contributed by atoms with Crippen molar-refractivity contribution in [1.29, 1.82) is 0 Å². The number of para-hydroxylation sites is 1. The molecule has 204 valence electrons. The standard InChI is InChI=1S/C28H37N5O5/c1-20-6-2-5-9-24(20)38-21-10-12-30(13-11-21)25(35)18-33-23-8-4-3-7-22(23)27(29-33)28(37)32-16-14-31(15-17-32)26(36)19-34/h2,5-6,9,21,34H,3-4,7-8,10-19H2,1H3. The molecule has 3 amide bonds. The minimum atomic E-state index is -0.517. The van der Waals surface area contributed by atoms with Crippen LogP contribution in [0.3, 0.4) is 0 Å². The fourth-order valence-electron chi connectivity index (χ4n) is 5.70. The van der Waals surface area contributed by atoms with E-state index in [-0.39, 0.29) is 30.4 Å². The zero-order valence-electron chi connectivity index (χ0n) is 22.1. The van der Waals surface area contributed by atoms with Crippen molar-refractivity contribution in [2.45, 2.75) is 58.1 Å². The van der Waals surface area contributed by atoms with Gasteiger partial charge in [0.25, 0.3) is 5.91 Å². The Morgan fingerprint density at radius 1 is 0.921 bits per heavy atom. The maximum Gasteiger partial charge on any atom is 0.274 e. The summed E-state index contributed by atoms with van der Waals surface area (Å²) in [5.41, 5.74) is 3.52. The molecule has 10 heteroatoms. The Balaban J connectivity index is 1.21. The number of aromatic nitrogens is 2. The number of rotatable bonds is 6. The molecular weight excluding hydrogens is 486 g/mol. The van der Waals surface area contributed by atoms with Gasteiger partial charge in [-0.05, 0) is 44.2 Å². The first kappa shape index (κ1) is 26.2. The van der Waals surface area contributed by atoms with E-state index in [4.69, 9.17) is 9.84 Å². The number of aliphatic hydroxyl groups is 1. The summed E-state index contributed by atoms with van der Waals surface area (Å²) >= 11 is 0. The molecule has 3 heterocycles. The second-order valence-electron chi connectivity index (χ2n) is 10.4. The first-order chi connectivity index (χ1) is 18.4. The van der Waals surface area contributed by atoms with Gasteiger partial charge in [-0.1, -0.05) is 18.2 Å². The van der Waals surface area contributed by atoms with Crippen LogP contribution in [0.1, 0.15) is 53.0 Å². The predicted octanol–water partition coefficient (Wildman–Crippen LogP) is 1.42. The molecule has 1 N–H and O–H groups in total. The van der Waals surface area contributed by atoms with Gasteiger partial charge in [-0.2, -0.15) is 5.10 Å². The van der Waals surface area contributed by atoms with Crippen molar-refractivity contribution in [3.05, 3.63) is 46.8 Å². The summed E-state index contributed by atoms with van der Waals surface area (Å²) < 4.78 is 7.94. The number of benzene rings is 1. The molecule has 2 saturated heterocycles. The minimum absolute atomic E-state index is 0.0188. The highest BCUT2D eigenvalue weighted by atomic mass is 16.5. The molecule has 1 aliphatic carbocycles. The topological polar surface area (TPSA) is 108 Å². The lowest BCUT2D eigenvalue weighted by molar-refractivity contribution is -0.135. The van der Waals surface area contributed by atoms with Gasteiger partial charge in [-0.15, -0.1) is 0 Å². The highest BCUT2D eigenvalue weighted by Crippen LogP contribution is 2.27. The predicted molar refractivity (Wildman–Crippen MR) is 140 cm³/mol. The lowest BCUT2D eigenvalue weighted by Gasteiger charge is -2.34. The van der Waals surface area contributed by atoms with Gasteiger partial charge in [-0.25, -0.2) is 0 Å². The van der Waals surface area contributed by atoms with Gasteiger partial charge in [0.2, 0.25) is 11.8 Å². The molecular formula is C28H37N5O5. The first-order valence-electron chi connectivity index (χ1n) is 13.7. The van der Waals surface area contributed by atoms with Crippen LogP contribution in [-0.2, 0) is 29.0 Å². The second kappa shape index (κ2) is 11.6. The molecule has 0 saturated carbocycles. The number of fused-ring (bicyclic) bond motifs is 1. The molecule has 38 heavy (non-hydrogen) atoms. The SMILES string of the molecule is Cc1ccccc1OC1CCN(C(=O)Cn2nc(C(=O)N3CCN(C(=O)CO)CC3)c3c2CCCC3)CC1. The Morgan fingerprint density at radius 3 is 2.29 bits per heavy atom. The number of nitrogens with zero attached hydrogens (tertiary/aromatic N) is 5. The van der Waals surface area contributed by atoms with E-state index in [9.17, 15) is 14.4 Å². The van der Waals surface area contributed by atoms with Gasteiger partial charge in [0.1, 0.15) is 25.0 Å². The largest absolute Gasteiger partial charge is 0.490 e. The molecule has 5 rings (SSSR count). The zero-order chi connectivity index (χ0) is 26.6. The van der Waals surface area contributed by atoms with Crippen molar-refractivity contribution in [3.8, 4) is 5.75 Å². The van der Waals surface area contributed by atoms with E-state index in [1.807, 2.05) is 36.1 Å². The maximum absolute atomic E-state index is 13.4. The quantitative estimate of drug-likeness (QED) is 0.614. The van der Waals surface area contributed by atoms with E-state index >= 15 is 0 Å². The number of hydrogen-bond donors (Lipinski definition) is 1. The second-order valence-corrected chi connectivity index (χ2v) is 10.4. The van der Waals surface area contributed by atoms with Gasteiger partial charge in [0.15, 0.2) is 5.69 Å². The summed E-state index contributed by atoms with van der Waals surface area (Å²) in [5, 5.41) is 13.8. The van der Waals surface area contributed by atoms with Gasteiger partial charge >= 0.3 is 0 Å². The molecule has 0 bridgehead atoms. The number of likely N-dealkylation sites (tertiary alicyclic amines) is 1. The van der Waals surface area contributed by atoms with Gasteiger partial charge in [-0.3, -0.25) is 19.1 Å². The van der Waals surface area contributed by atoms with Gasteiger partial charge < -0.3 is 24.5 Å².